The molecule has 0 aromatic rings. The largest absolute Gasteiger partial charge is 0.341 e. The van der Waals surface area contributed by atoms with Gasteiger partial charge in [0.05, 0.1) is 20.6 Å². The third-order valence-electron chi connectivity index (χ3n) is 1.53. The van der Waals surface area contributed by atoms with Gasteiger partial charge in [-0.15, -0.1) is 0 Å². The van der Waals surface area contributed by atoms with Crippen molar-refractivity contribution in [3.05, 3.63) is 25.3 Å². The molecule has 0 rings (SSSR count). The first kappa shape index (κ1) is 9.40. The second-order valence-corrected chi connectivity index (χ2v) is 2.90. The smallest absolute Gasteiger partial charge is 0.209 e. The average Bonchev–Trinajstić information content (AvgIpc) is 1.86. The summed E-state index contributed by atoms with van der Waals surface area (Å²) in [7, 11) is 3.85. The average molecular weight is 142 g/mol. The van der Waals surface area contributed by atoms with E-state index in [-0.39, 0.29) is 0 Å². The van der Waals surface area contributed by atoms with E-state index in [1.165, 1.54) is 6.08 Å². The van der Waals surface area contributed by atoms with E-state index < -0.39 is 6.23 Å². The minimum atomic E-state index is -0.502. The Kier molecular flexibility index (Phi) is 3.33. The fourth-order valence-corrected chi connectivity index (χ4v) is 0.726. The van der Waals surface area contributed by atoms with Crippen LogP contribution in [0.25, 0.3) is 0 Å². The summed E-state index contributed by atoms with van der Waals surface area (Å²) in [6.45, 7) is 7.85. The van der Waals surface area contributed by atoms with Gasteiger partial charge in [-0.1, -0.05) is 13.2 Å². The van der Waals surface area contributed by atoms with Crippen LogP contribution in [-0.4, -0.2) is 36.5 Å². The van der Waals surface area contributed by atoms with Crippen LogP contribution in [0.2, 0.25) is 0 Å². The first-order valence-corrected chi connectivity index (χ1v) is 3.29. The molecule has 1 N–H and O–H groups in total. The van der Waals surface area contributed by atoms with Gasteiger partial charge in [0.15, 0.2) is 0 Å². The van der Waals surface area contributed by atoms with E-state index in [1.807, 2.05) is 14.1 Å². The molecule has 58 valence electrons. The minimum Gasteiger partial charge on any atom is -0.341 e. The molecule has 1 unspecified atom stereocenters. The van der Waals surface area contributed by atoms with Crippen LogP contribution in [0.15, 0.2) is 25.3 Å². The summed E-state index contributed by atoms with van der Waals surface area (Å²) in [5.74, 6) is 0. The van der Waals surface area contributed by atoms with E-state index in [4.69, 9.17) is 0 Å². The molecule has 0 aliphatic carbocycles. The molecule has 0 aliphatic rings. The fraction of sp³-hybridized carbons (Fsp3) is 0.500. The highest BCUT2D eigenvalue weighted by Gasteiger charge is 2.20. The summed E-state index contributed by atoms with van der Waals surface area (Å²) in [5, 5.41) is 9.32. The minimum absolute atomic E-state index is 0.493. The lowest BCUT2D eigenvalue weighted by Crippen LogP contribution is -2.47. The lowest BCUT2D eigenvalue weighted by atomic mass is 10.4. The summed E-state index contributed by atoms with van der Waals surface area (Å²) in [6.07, 6.45) is 2.81. The monoisotopic (exact) mass is 142 g/mol. The van der Waals surface area contributed by atoms with Gasteiger partial charge >= 0.3 is 0 Å². The zero-order valence-corrected chi connectivity index (χ0v) is 6.75. The van der Waals surface area contributed by atoms with Crippen LogP contribution in [0.4, 0.5) is 0 Å². The SMILES string of the molecule is C=CC[N+](C)(C)C(O)C=C. The molecule has 0 saturated heterocycles. The highest BCUT2D eigenvalue weighted by Crippen LogP contribution is 2.03. The predicted octanol–water partition coefficient (Wildman–Crippen LogP) is 0.753. The van der Waals surface area contributed by atoms with Gasteiger partial charge in [0.2, 0.25) is 6.23 Å². The van der Waals surface area contributed by atoms with Gasteiger partial charge in [-0.05, 0) is 12.2 Å². The Balaban J connectivity index is 4.07. The maximum absolute atomic E-state index is 9.32. The highest BCUT2D eigenvalue weighted by atomic mass is 16.3. The number of likely N-dealkylation sites (N-methyl/N-ethyl adjacent to an activating group) is 1. The number of nitrogens with zero attached hydrogens (tertiary/aromatic N) is 1. The first-order valence-electron chi connectivity index (χ1n) is 3.29. The number of aliphatic hydroxyl groups excluding tert-OH is 1. The van der Waals surface area contributed by atoms with E-state index in [0.717, 1.165) is 6.54 Å². The quantitative estimate of drug-likeness (QED) is 0.349. The normalized spacial score (nSPS) is 14.3. The molecule has 10 heavy (non-hydrogen) atoms. The van der Waals surface area contributed by atoms with Crippen molar-refractivity contribution in [1.82, 2.24) is 0 Å². The van der Waals surface area contributed by atoms with Crippen LogP contribution in [0.3, 0.4) is 0 Å². The number of quaternary nitrogens is 1. The van der Waals surface area contributed by atoms with Gasteiger partial charge in [-0.25, -0.2) is 0 Å². The van der Waals surface area contributed by atoms with E-state index >= 15 is 0 Å². The second kappa shape index (κ2) is 3.54. The molecule has 1 atom stereocenters. The van der Waals surface area contributed by atoms with E-state index in [2.05, 4.69) is 13.2 Å². The standard InChI is InChI=1S/C8H16NO/c1-5-7-9(3,4)8(10)6-2/h5-6,8,10H,1-2,7H2,3-4H3/q+1. The van der Waals surface area contributed by atoms with Crippen molar-refractivity contribution in [1.29, 1.82) is 0 Å². The number of hydrogen-bond acceptors (Lipinski definition) is 1. The second-order valence-electron chi connectivity index (χ2n) is 2.90. The first-order chi connectivity index (χ1) is 4.54. The van der Waals surface area contributed by atoms with E-state index in [9.17, 15) is 5.11 Å². The van der Waals surface area contributed by atoms with Crippen LogP contribution in [0.1, 0.15) is 0 Å². The van der Waals surface area contributed by atoms with Crippen molar-refractivity contribution >= 4 is 0 Å². The molecule has 0 heterocycles. The molecule has 0 saturated carbocycles. The lowest BCUT2D eigenvalue weighted by molar-refractivity contribution is -0.923. The summed E-state index contributed by atoms with van der Waals surface area (Å²) < 4.78 is 0.493. The fourth-order valence-electron chi connectivity index (χ4n) is 0.726. The molecule has 0 aromatic heterocycles. The molecule has 2 nitrogen and oxygen atoms in total. The Bertz CT molecular complexity index is 129. The van der Waals surface area contributed by atoms with Crippen LogP contribution >= 0.6 is 0 Å². The Morgan fingerprint density at radius 3 is 2.30 bits per heavy atom. The molecule has 0 aliphatic heterocycles. The van der Waals surface area contributed by atoms with Crippen molar-refractivity contribution in [2.75, 3.05) is 20.6 Å². The molecular weight excluding hydrogens is 126 g/mol. The third kappa shape index (κ3) is 2.33. The van der Waals surface area contributed by atoms with Gasteiger partial charge in [0.25, 0.3) is 0 Å². The topological polar surface area (TPSA) is 20.2 Å². The van der Waals surface area contributed by atoms with Gasteiger partial charge < -0.3 is 5.11 Å². The Morgan fingerprint density at radius 1 is 1.50 bits per heavy atom. The summed E-state index contributed by atoms with van der Waals surface area (Å²) in [5.41, 5.74) is 0. The van der Waals surface area contributed by atoms with Crippen molar-refractivity contribution in [2.45, 2.75) is 6.23 Å². The lowest BCUT2D eigenvalue weighted by Gasteiger charge is -2.31. The van der Waals surface area contributed by atoms with Crippen molar-refractivity contribution in [2.24, 2.45) is 0 Å². The summed E-state index contributed by atoms with van der Waals surface area (Å²) >= 11 is 0. The summed E-state index contributed by atoms with van der Waals surface area (Å²) in [4.78, 5) is 0. The zero-order chi connectivity index (χ0) is 8.20. The van der Waals surface area contributed by atoms with Gasteiger partial charge in [-0.3, -0.25) is 4.48 Å². The Labute approximate surface area is 62.7 Å². The highest BCUT2D eigenvalue weighted by molar-refractivity contribution is 4.73. The number of hydrogen-bond donors (Lipinski definition) is 1. The Hall–Kier alpha value is -0.600. The zero-order valence-electron chi connectivity index (χ0n) is 6.75. The molecule has 0 bridgehead atoms. The maximum Gasteiger partial charge on any atom is 0.209 e. The molecule has 0 aromatic carbocycles. The predicted molar refractivity (Wildman–Crippen MR) is 43.4 cm³/mol. The van der Waals surface area contributed by atoms with Crippen molar-refractivity contribution in [3.8, 4) is 0 Å². The molecule has 2 heteroatoms. The van der Waals surface area contributed by atoms with Crippen molar-refractivity contribution < 1.29 is 9.59 Å². The maximum atomic E-state index is 9.32. The molecule has 0 spiro atoms. The Morgan fingerprint density at radius 2 is 2.00 bits per heavy atom. The molecule has 0 amide bonds. The van der Waals surface area contributed by atoms with E-state index in [0.29, 0.717) is 4.48 Å². The third-order valence-corrected chi connectivity index (χ3v) is 1.53. The van der Waals surface area contributed by atoms with Gasteiger partial charge in [0, 0.05) is 0 Å². The van der Waals surface area contributed by atoms with Crippen LogP contribution in [0, 0.1) is 0 Å². The van der Waals surface area contributed by atoms with Crippen LogP contribution in [0.5, 0.6) is 0 Å². The molecular formula is C8H16NO+. The van der Waals surface area contributed by atoms with E-state index in [1.54, 1.807) is 6.08 Å². The van der Waals surface area contributed by atoms with Crippen LogP contribution in [-0.2, 0) is 0 Å². The molecule has 0 radical (unpaired) electrons. The molecule has 0 fully saturated rings. The van der Waals surface area contributed by atoms with Gasteiger partial charge in [-0.2, -0.15) is 0 Å². The number of rotatable bonds is 4. The number of aliphatic hydroxyl groups is 1. The van der Waals surface area contributed by atoms with Crippen molar-refractivity contribution in [3.63, 3.8) is 0 Å². The summed E-state index contributed by atoms with van der Waals surface area (Å²) in [6, 6.07) is 0. The van der Waals surface area contributed by atoms with Crippen LogP contribution < -0.4 is 0 Å². The van der Waals surface area contributed by atoms with Gasteiger partial charge in [0.1, 0.15) is 0 Å².